The van der Waals surface area contributed by atoms with Crippen molar-refractivity contribution in [2.75, 3.05) is 18.9 Å². The Bertz CT molecular complexity index is 628. The number of likely N-dealkylation sites (N-methyl/N-ethyl adjacent to an activating group) is 1. The lowest BCUT2D eigenvalue weighted by molar-refractivity contribution is -0.135. The van der Waals surface area contributed by atoms with Gasteiger partial charge in [-0.1, -0.05) is 26.0 Å². The average molecular weight is 334 g/mol. The van der Waals surface area contributed by atoms with Gasteiger partial charge in [0, 0.05) is 12.7 Å². The first-order valence-corrected chi connectivity index (χ1v) is 7.80. The molecule has 1 aromatic rings. The van der Waals surface area contributed by atoms with Crippen LogP contribution in [0.25, 0.3) is 0 Å². The van der Waals surface area contributed by atoms with Crippen LogP contribution in [0.5, 0.6) is 0 Å². The van der Waals surface area contributed by atoms with Crippen molar-refractivity contribution in [3.63, 3.8) is 0 Å². The molecule has 7 nitrogen and oxygen atoms in total. The number of amides is 4. The summed E-state index contributed by atoms with van der Waals surface area (Å²) in [5.41, 5.74) is 7.80. The van der Waals surface area contributed by atoms with E-state index in [1.165, 1.54) is 11.9 Å². The van der Waals surface area contributed by atoms with Crippen LogP contribution in [0.1, 0.15) is 25.0 Å². The van der Waals surface area contributed by atoms with Gasteiger partial charge in [0.05, 0.1) is 6.54 Å². The Kier molecular flexibility index (Phi) is 6.76. The third-order valence-corrected chi connectivity index (χ3v) is 3.65. The average Bonchev–Trinajstić information content (AvgIpc) is 2.47. The molecule has 24 heavy (non-hydrogen) atoms. The van der Waals surface area contributed by atoms with Crippen molar-refractivity contribution in [1.82, 2.24) is 10.2 Å². The smallest absolute Gasteiger partial charge is 0.312 e. The number of hydrogen-bond donors (Lipinski definition) is 3. The molecule has 1 rings (SSSR count). The summed E-state index contributed by atoms with van der Waals surface area (Å²) in [5.74, 6) is -0.810. The minimum absolute atomic E-state index is 0.115. The van der Waals surface area contributed by atoms with E-state index in [4.69, 9.17) is 5.73 Å². The molecule has 7 heteroatoms. The third-order valence-electron chi connectivity index (χ3n) is 3.65. The first-order chi connectivity index (χ1) is 11.1. The SMILES string of the molecule is Cc1ccc(C)c(NC(=O)CN(C)C(=O)[C@@H](NC(N)=O)C(C)C)c1. The molecule has 0 spiro atoms. The molecule has 0 aliphatic heterocycles. The number of carbonyl (C=O) groups is 3. The molecule has 0 saturated carbocycles. The zero-order valence-electron chi connectivity index (χ0n) is 14.8. The van der Waals surface area contributed by atoms with Gasteiger partial charge in [-0.2, -0.15) is 0 Å². The van der Waals surface area contributed by atoms with Gasteiger partial charge in [-0.05, 0) is 37.0 Å². The summed E-state index contributed by atoms with van der Waals surface area (Å²) in [6, 6.07) is 4.23. The maximum atomic E-state index is 12.4. The van der Waals surface area contributed by atoms with Gasteiger partial charge in [-0.25, -0.2) is 4.79 Å². The Hall–Kier alpha value is -2.57. The van der Waals surface area contributed by atoms with Crippen molar-refractivity contribution in [1.29, 1.82) is 0 Å². The molecule has 4 amide bonds. The Labute approximate surface area is 142 Å². The highest BCUT2D eigenvalue weighted by Crippen LogP contribution is 2.16. The molecule has 1 aromatic carbocycles. The van der Waals surface area contributed by atoms with Gasteiger partial charge in [0.15, 0.2) is 0 Å². The summed E-state index contributed by atoms with van der Waals surface area (Å²) in [6.45, 7) is 7.31. The van der Waals surface area contributed by atoms with Crippen molar-refractivity contribution in [2.24, 2.45) is 11.7 Å². The van der Waals surface area contributed by atoms with Gasteiger partial charge < -0.3 is 21.3 Å². The summed E-state index contributed by atoms with van der Waals surface area (Å²) in [6.07, 6.45) is 0. The number of aryl methyl sites for hydroxylation is 2. The second kappa shape index (κ2) is 8.33. The monoisotopic (exact) mass is 334 g/mol. The van der Waals surface area contributed by atoms with Crippen LogP contribution in [0.2, 0.25) is 0 Å². The fourth-order valence-corrected chi connectivity index (χ4v) is 2.26. The second-order valence-corrected chi connectivity index (χ2v) is 6.29. The molecule has 0 aliphatic rings. The largest absolute Gasteiger partial charge is 0.352 e. The van der Waals surface area contributed by atoms with Crippen molar-refractivity contribution in [3.05, 3.63) is 29.3 Å². The number of carbonyl (C=O) groups excluding carboxylic acids is 3. The zero-order valence-corrected chi connectivity index (χ0v) is 14.8. The number of nitrogens with zero attached hydrogens (tertiary/aromatic N) is 1. The fourth-order valence-electron chi connectivity index (χ4n) is 2.26. The Morgan fingerprint density at radius 3 is 2.38 bits per heavy atom. The molecule has 0 fully saturated rings. The molecule has 0 aliphatic carbocycles. The van der Waals surface area contributed by atoms with E-state index in [9.17, 15) is 14.4 Å². The first-order valence-electron chi connectivity index (χ1n) is 7.80. The van der Waals surface area contributed by atoms with Gasteiger partial charge >= 0.3 is 6.03 Å². The second-order valence-electron chi connectivity index (χ2n) is 6.29. The van der Waals surface area contributed by atoms with Crippen LogP contribution in [-0.2, 0) is 9.59 Å². The molecule has 0 unspecified atom stereocenters. The zero-order chi connectivity index (χ0) is 18.4. The number of primary amides is 1. The maximum Gasteiger partial charge on any atom is 0.312 e. The highest BCUT2D eigenvalue weighted by atomic mass is 16.2. The molecule has 1 atom stereocenters. The minimum atomic E-state index is -0.768. The van der Waals surface area contributed by atoms with Crippen molar-refractivity contribution in [2.45, 2.75) is 33.7 Å². The lowest BCUT2D eigenvalue weighted by Crippen LogP contribution is -2.52. The van der Waals surface area contributed by atoms with E-state index in [1.807, 2.05) is 32.0 Å². The highest BCUT2D eigenvalue weighted by molar-refractivity contribution is 5.96. The molecular weight excluding hydrogens is 308 g/mol. The van der Waals surface area contributed by atoms with Gasteiger partial charge in [0.1, 0.15) is 6.04 Å². The Morgan fingerprint density at radius 1 is 1.21 bits per heavy atom. The summed E-state index contributed by atoms with van der Waals surface area (Å²) in [7, 11) is 1.52. The predicted molar refractivity (Wildman–Crippen MR) is 93.5 cm³/mol. The number of nitrogens with one attached hydrogen (secondary N) is 2. The number of rotatable bonds is 6. The number of nitrogens with two attached hydrogens (primary N) is 1. The lowest BCUT2D eigenvalue weighted by Gasteiger charge is -2.26. The van der Waals surface area contributed by atoms with E-state index >= 15 is 0 Å². The maximum absolute atomic E-state index is 12.4. The fraction of sp³-hybridized carbons (Fsp3) is 0.471. The normalized spacial score (nSPS) is 11.8. The molecule has 0 bridgehead atoms. The van der Waals surface area contributed by atoms with Crippen LogP contribution < -0.4 is 16.4 Å². The van der Waals surface area contributed by atoms with E-state index in [1.54, 1.807) is 13.8 Å². The number of hydrogen-bond acceptors (Lipinski definition) is 3. The van der Waals surface area contributed by atoms with Gasteiger partial charge in [0.25, 0.3) is 0 Å². The van der Waals surface area contributed by atoms with Gasteiger partial charge in [0.2, 0.25) is 11.8 Å². The molecule has 4 N–H and O–H groups in total. The third kappa shape index (κ3) is 5.57. The predicted octanol–water partition coefficient (Wildman–Crippen LogP) is 1.39. The van der Waals surface area contributed by atoms with Gasteiger partial charge in [-0.3, -0.25) is 9.59 Å². The summed E-state index contributed by atoms with van der Waals surface area (Å²) < 4.78 is 0. The topological polar surface area (TPSA) is 105 Å². The van der Waals surface area contributed by atoms with Crippen LogP contribution in [0.4, 0.5) is 10.5 Å². The van der Waals surface area contributed by atoms with E-state index in [0.29, 0.717) is 0 Å². The van der Waals surface area contributed by atoms with Crippen LogP contribution in [0.15, 0.2) is 18.2 Å². The Morgan fingerprint density at radius 2 is 1.83 bits per heavy atom. The number of urea groups is 1. The quantitative estimate of drug-likeness (QED) is 0.732. The summed E-state index contributed by atoms with van der Waals surface area (Å²) in [4.78, 5) is 36.9. The molecule has 0 radical (unpaired) electrons. The standard InChI is InChI=1S/C17H26N4O3/c1-10(2)15(20-17(18)24)16(23)21(5)9-14(22)19-13-8-11(3)6-7-12(13)4/h6-8,10,15H,9H2,1-5H3,(H,19,22)(H3,18,20,24)/t15-/m0/s1. The summed E-state index contributed by atoms with van der Waals surface area (Å²) in [5, 5.41) is 5.22. The molecule has 132 valence electrons. The van der Waals surface area contributed by atoms with Gasteiger partial charge in [-0.15, -0.1) is 0 Å². The van der Waals surface area contributed by atoms with Crippen LogP contribution in [-0.4, -0.2) is 42.4 Å². The van der Waals surface area contributed by atoms with Crippen molar-refractivity contribution < 1.29 is 14.4 Å². The summed E-state index contributed by atoms with van der Waals surface area (Å²) >= 11 is 0. The Balaban J connectivity index is 2.73. The van der Waals surface area contributed by atoms with E-state index in [2.05, 4.69) is 10.6 Å². The van der Waals surface area contributed by atoms with E-state index < -0.39 is 12.1 Å². The van der Waals surface area contributed by atoms with Crippen LogP contribution >= 0.6 is 0 Å². The number of benzene rings is 1. The number of anilines is 1. The van der Waals surface area contributed by atoms with E-state index in [-0.39, 0.29) is 24.3 Å². The molecule has 0 heterocycles. The molecule has 0 aromatic heterocycles. The highest BCUT2D eigenvalue weighted by Gasteiger charge is 2.27. The van der Waals surface area contributed by atoms with E-state index in [0.717, 1.165) is 16.8 Å². The van der Waals surface area contributed by atoms with Crippen molar-refractivity contribution >= 4 is 23.5 Å². The minimum Gasteiger partial charge on any atom is -0.352 e. The molecular formula is C17H26N4O3. The first kappa shape index (κ1) is 19.5. The van der Waals surface area contributed by atoms with Crippen molar-refractivity contribution in [3.8, 4) is 0 Å². The van der Waals surface area contributed by atoms with Crippen LogP contribution in [0.3, 0.4) is 0 Å². The van der Waals surface area contributed by atoms with Crippen LogP contribution in [0, 0.1) is 19.8 Å². The lowest BCUT2D eigenvalue weighted by atomic mass is 10.0. The molecule has 0 saturated heterocycles.